The van der Waals surface area contributed by atoms with Crippen LogP contribution in [0.1, 0.15) is 16.1 Å². The fraction of sp³-hybridized carbons (Fsp3) is 0.0556. The lowest BCUT2D eigenvalue weighted by atomic mass is 10.1. The van der Waals surface area contributed by atoms with Crippen molar-refractivity contribution in [3.8, 4) is 16.3 Å². The van der Waals surface area contributed by atoms with E-state index in [1.807, 2.05) is 41.8 Å². The second kappa shape index (κ2) is 7.24. The molecule has 0 radical (unpaired) electrons. The van der Waals surface area contributed by atoms with Crippen molar-refractivity contribution in [1.29, 1.82) is 0 Å². The van der Waals surface area contributed by atoms with Gasteiger partial charge < -0.3 is 5.32 Å². The first-order valence-corrected chi connectivity index (χ1v) is 8.79. The van der Waals surface area contributed by atoms with E-state index in [2.05, 4.69) is 25.8 Å². The van der Waals surface area contributed by atoms with Crippen LogP contribution < -0.4 is 5.32 Å². The molecule has 2 aromatic heterocycles. The Labute approximate surface area is 153 Å². The monoisotopic (exact) mass is 362 g/mol. The molecule has 0 saturated carbocycles. The Morgan fingerprint density at radius 1 is 1.08 bits per heavy atom. The van der Waals surface area contributed by atoms with Gasteiger partial charge in [-0.1, -0.05) is 42.5 Å². The highest BCUT2D eigenvalue weighted by Crippen LogP contribution is 2.23. The number of thiazole rings is 1. The average Bonchev–Trinajstić information content (AvgIpc) is 3.39. The van der Waals surface area contributed by atoms with Crippen LogP contribution in [0.4, 0.5) is 0 Å². The van der Waals surface area contributed by atoms with Crippen molar-refractivity contribution in [2.75, 3.05) is 0 Å². The SMILES string of the molecule is O=C(NCc1csc(-c2ccccc2)n1)c1ccccc1-n1cnnn1. The van der Waals surface area contributed by atoms with Gasteiger partial charge >= 0.3 is 0 Å². The number of benzene rings is 2. The molecule has 0 atom stereocenters. The summed E-state index contributed by atoms with van der Waals surface area (Å²) in [5.74, 6) is -0.203. The molecule has 0 unspecified atom stereocenters. The molecular weight excluding hydrogens is 348 g/mol. The number of para-hydroxylation sites is 1. The average molecular weight is 362 g/mol. The molecule has 4 rings (SSSR count). The minimum atomic E-state index is -0.203. The Kier molecular flexibility index (Phi) is 4.48. The van der Waals surface area contributed by atoms with Gasteiger partial charge in [-0.2, -0.15) is 4.68 Å². The van der Waals surface area contributed by atoms with E-state index in [0.717, 1.165) is 16.3 Å². The number of nitrogens with zero attached hydrogens (tertiary/aromatic N) is 5. The fourth-order valence-electron chi connectivity index (χ4n) is 2.50. The van der Waals surface area contributed by atoms with Crippen molar-refractivity contribution in [3.05, 3.63) is 77.6 Å². The normalized spacial score (nSPS) is 10.6. The predicted octanol–water partition coefficient (Wildman–Crippen LogP) is 2.72. The topological polar surface area (TPSA) is 85.6 Å². The number of amides is 1. The minimum Gasteiger partial charge on any atom is -0.346 e. The zero-order valence-electron chi connectivity index (χ0n) is 13.6. The van der Waals surface area contributed by atoms with Crippen LogP contribution in [-0.4, -0.2) is 31.1 Å². The van der Waals surface area contributed by atoms with E-state index in [1.165, 1.54) is 11.0 Å². The maximum Gasteiger partial charge on any atom is 0.253 e. The van der Waals surface area contributed by atoms with Gasteiger partial charge in [-0.25, -0.2) is 4.98 Å². The van der Waals surface area contributed by atoms with E-state index >= 15 is 0 Å². The van der Waals surface area contributed by atoms with Gasteiger partial charge in [0.1, 0.15) is 11.3 Å². The number of tetrazole rings is 1. The van der Waals surface area contributed by atoms with E-state index < -0.39 is 0 Å². The highest BCUT2D eigenvalue weighted by atomic mass is 32.1. The van der Waals surface area contributed by atoms with E-state index in [0.29, 0.717) is 17.8 Å². The molecule has 1 amide bonds. The van der Waals surface area contributed by atoms with Gasteiger partial charge in [0.2, 0.25) is 0 Å². The lowest BCUT2D eigenvalue weighted by Crippen LogP contribution is -2.24. The Hall–Kier alpha value is -3.39. The van der Waals surface area contributed by atoms with Gasteiger partial charge in [0.05, 0.1) is 23.5 Å². The molecule has 0 aliphatic carbocycles. The minimum absolute atomic E-state index is 0.203. The molecule has 0 aliphatic heterocycles. The molecule has 128 valence electrons. The van der Waals surface area contributed by atoms with Gasteiger partial charge in [0.15, 0.2) is 0 Å². The standard InChI is InChI=1S/C18H14N6OS/c25-17(15-8-4-5-9-16(15)24-12-20-22-23-24)19-10-14-11-26-18(21-14)13-6-2-1-3-7-13/h1-9,11-12H,10H2,(H,19,25). The maximum absolute atomic E-state index is 12.6. The highest BCUT2D eigenvalue weighted by Gasteiger charge is 2.13. The molecular formula is C18H14N6OS. The van der Waals surface area contributed by atoms with E-state index in [4.69, 9.17) is 0 Å². The number of rotatable bonds is 5. The molecule has 0 spiro atoms. The summed E-state index contributed by atoms with van der Waals surface area (Å²) >= 11 is 1.56. The molecule has 4 aromatic rings. The van der Waals surface area contributed by atoms with Crippen LogP contribution in [0.5, 0.6) is 0 Å². The number of hydrogen-bond acceptors (Lipinski definition) is 6. The summed E-state index contributed by atoms with van der Waals surface area (Å²) in [6, 6.07) is 17.1. The Morgan fingerprint density at radius 3 is 2.69 bits per heavy atom. The first-order valence-electron chi connectivity index (χ1n) is 7.91. The second-order valence-electron chi connectivity index (χ2n) is 5.46. The molecule has 0 saturated heterocycles. The van der Waals surface area contributed by atoms with Crippen molar-refractivity contribution < 1.29 is 4.79 Å². The van der Waals surface area contributed by atoms with Crippen molar-refractivity contribution in [2.24, 2.45) is 0 Å². The van der Waals surface area contributed by atoms with Gasteiger partial charge in [-0.15, -0.1) is 16.4 Å². The predicted molar refractivity (Wildman–Crippen MR) is 97.9 cm³/mol. The smallest absolute Gasteiger partial charge is 0.253 e. The Balaban J connectivity index is 1.48. The molecule has 8 heteroatoms. The fourth-order valence-corrected chi connectivity index (χ4v) is 3.33. The molecule has 0 aliphatic rings. The van der Waals surface area contributed by atoms with Crippen LogP contribution in [0.2, 0.25) is 0 Å². The highest BCUT2D eigenvalue weighted by molar-refractivity contribution is 7.13. The number of carbonyl (C=O) groups excluding carboxylic acids is 1. The third-order valence-electron chi connectivity index (χ3n) is 3.75. The van der Waals surface area contributed by atoms with Gasteiger partial charge in [-0.05, 0) is 22.6 Å². The molecule has 1 N–H and O–H groups in total. The Bertz CT molecular complexity index is 1010. The molecule has 7 nitrogen and oxygen atoms in total. The molecule has 0 bridgehead atoms. The third kappa shape index (κ3) is 3.35. The number of hydrogen-bond donors (Lipinski definition) is 1. The molecule has 0 fully saturated rings. The zero-order valence-corrected chi connectivity index (χ0v) is 14.4. The van der Waals surface area contributed by atoms with Crippen LogP contribution >= 0.6 is 11.3 Å². The molecule has 26 heavy (non-hydrogen) atoms. The second-order valence-corrected chi connectivity index (χ2v) is 6.32. The van der Waals surface area contributed by atoms with E-state index in [9.17, 15) is 4.79 Å². The first kappa shape index (κ1) is 16.1. The van der Waals surface area contributed by atoms with Gasteiger partial charge in [-0.3, -0.25) is 4.79 Å². The van der Waals surface area contributed by atoms with Crippen LogP contribution in [0.15, 0.2) is 66.3 Å². The summed E-state index contributed by atoms with van der Waals surface area (Å²) in [5, 5.41) is 16.9. The molecule has 2 aromatic carbocycles. The summed E-state index contributed by atoms with van der Waals surface area (Å²) < 4.78 is 1.46. The summed E-state index contributed by atoms with van der Waals surface area (Å²) in [4.78, 5) is 17.2. The summed E-state index contributed by atoms with van der Waals surface area (Å²) in [6.07, 6.45) is 1.46. The lowest BCUT2D eigenvalue weighted by Gasteiger charge is -2.08. The van der Waals surface area contributed by atoms with Crippen LogP contribution in [0.25, 0.3) is 16.3 Å². The summed E-state index contributed by atoms with van der Waals surface area (Å²) in [5.41, 5.74) is 3.01. The van der Waals surface area contributed by atoms with E-state index in [-0.39, 0.29) is 5.91 Å². The third-order valence-corrected chi connectivity index (χ3v) is 4.69. The number of aromatic nitrogens is 5. The van der Waals surface area contributed by atoms with Crippen LogP contribution in [0, 0.1) is 0 Å². The summed E-state index contributed by atoms with van der Waals surface area (Å²) in [6.45, 7) is 0.353. The molecule has 2 heterocycles. The lowest BCUT2D eigenvalue weighted by molar-refractivity contribution is 0.0950. The van der Waals surface area contributed by atoms with Crippen LogP contribution in [-0.2, 0) is 6.54 Å². The first-order chi connectivity index (χ1) is 12.8. The quantitative estimate of drug-likeness (QED) is 0.590. The van der Waals surface area contributed by atoms with Crippen LogP contribution in [0.3, 0.4) is 0 Å². The Morgan fingerprint density at radius 2 is 1.88 bits per heavy atom. The number of carbonyl (C=O) groups is 1. The zero-order chi connectivity index (χ0) is 17.8. The van der Waals surface area contributed by atoms with Crippen molar-refractivity contribution in [2.45, 2.75) is 6.54 Å². The summed E-state index contributed by atoms with van der Waals surface area (Å²) in [7, 11) is 0. The van der Waals surface area contributed by atoms with Crippen molar-refractivity contribution >= 4 is 17.2 Å². The van der Waals surface area contributed by atoms with Gasteiger partial charge in [0.25, 0.3) is 5.91 Å². The van der Waals surface area contributed by atoms with Crippen molar-refractivity contribution in [1.82, 2.24) is 30.5 Å². The van der Waals surface area contributed by atoms with Crippen molar-refractivity contribution in [3.63, 3.8) is 0 Å². The maximum atomic E-state index is 12.6. The van der Waals surface area contributed by atoms with Gasteiger partial charge in [0, 0.05) is 10.9 Å². The van der Waals surface area contributed by atoms with E-state index in [1.54, 1.807) is 29.5 Å². The number of nitrogens with one attached hydrogen (secondary N) is 1. The largest absolute Gasteiger partial charge is 0.346 e.